The van der Waals surface area contributed by atoms with Crippen molar-refractivity contribution < 1.29 is 17.9 Å². The van der Waals surface area contributed by atoms with Gasteiger partial charge in [0.2, 0.25) is 0 Å². The first-order valence-electron chi connectivity index (χ1n) is 10.2. The molecule has 0 aliphatic carbocycles. The Labute approximate surface area is 181 Å². The molecule has 3 aromatic carbocycles. The zero-order chi connectivity index (χ0) is 21.6. The molecule has 0 unspecified atom stereocenters. The number of carbonyl (C=O) groups excluding carboxylic acids is 1. The van der Waals surface area contributed by atoms with Crippen molar-refractivity contribution in [1.82, 2.24) is 0 Å². The minimum Gasteiger partial charge on any atom is -0.496 e. The highest BCUT2D eigenvalue weighted by atomic mass is 32.2. The van der Waals surface area contributed by atoms with E-state index in [1.165, 1.54) is 23.5 Å². The number of sulfonamides is 1. The molecule has 3 aromatic rings. The summed E-state index contributed by atoms with van der Waals surface area (Å²) in [6.07, 6.45) is 1.44. The molecule has 5 rings (SSSR count). The normalized spacial score (nSPS) is 15.0. The summed E-state index contributed by atoms with van der Waals surface area (Å²) in [7, 11) is -2.33. The molecule has 0 spiro atoms. The van der Waals surface area contributed by atoms with Crippen molar-refractivity contribution in [3.8, 4) is 5.75 Å². The molecule has 0 atom stereocenters. The fourth-order valence-electron chi connectivity index (χ4n) is 4.39. The van der Waals surface area contributed by atoms with Crippen molar-refractivity contribution >= 4 is 27.3 Å². The molecule has 2 aliphatic rings. The van der Waals surface area contributed by atoms with Gasteiger partial charge in [-0.1, -0.05) is 36.4 Å². The number of hydrogen-bond acceptors (Lipinski definition) is 4. The first kappa shape index (κ1) is 19.6. The lowest BCUT2D eigenvalue weighted by atomic mass is 10.1. The highest BCUT2D eigenvalue weighted by molar-refractivity contribution is 7.92. The number of rotatable bonds is 4. The Morgan fingerprint density at radius 2 is 1.52 bits per heavy atom. The highest BCUT2D eigenvalue weighted by Crippen LogP contribution is 2.35. The second-order valence-electron chi connectivity index (χ2n) is 7.65. The lowest BCUT2D eigenvalue weighted by molar-refractivity contribution is 0.0986. The SMILES string of the molecule is COc1ccc(S(=O)(=O)N2CCc3ccccc32)cc1C(=O)N1CCc2ccccc21. The largest absolute Gasteiger partial charge is 0.496 e. The third-order valence-corrected chi connectivity index (χ3v) is 7.78. The molecule has 31 heavy (non-hydrogen) atoms. The van der Waals surface area contributed by atoms with Crippen LogP contribution in [0.4, 0.5) is 11.4 Å². The van der Waals surface area contributed by atoms with Crippen molar-refractivity contribution in [2.24, 2.45) is 0 Å². The van der Waals surface area contributed by atoms with Crippen molar-refractivity contribution in [1.29, 1.82) is 0 Å². The molecule has 0 N–H and O–H groups in total. The maximum Gasteiger partial charge on any atom is 0.264 e. The Bertz CT molecular complexity index is 1290. The van der Waals surface area contributed by atoms with Crippen LogP contribution < -0.4 is 13.9 Å². The number of anilines is 2. The van der Waals surface area contributed by atoms with Gasteiger partial charge in [-0.05, 0) is 54.3 Å². The summed E-state index contributed by atoms with van der Waals surface area (Å²) in [5.74, 6) is 0.0934. The Kier molecular flexibility index (Phi) is 4.70. The number of fused-ring (bicyclic) bond motifs is 2. The number of benzene rings is 3. The molecule has 0 saturated heterocycles. The Morgan fingerprint density at radius 3 is 2.26 bits per heavy atom. The van der Waals surface area contributed by atoms with Crippen LogP contribution in [0.2, 0.25) is 0 Å². The van der Waals surface area contributed by atoms with Crippen LogP contribution in [0.3, 0.4) is 0 Å². The third-order valence-electron chi connectivity index (χ3n) is 5.97. The molecule has 0 radical (unpaired) electrons. The van der Waals surface area contributed by atoms with E-state index in [-0.39, 0.29) is 16.4 Å². The molecule has 158 valence electrons. The summed E-state index contributed by atoms with van der Waals surface area (Å²) in [4.78, 5) is 15.2. The second kappa shape index (κ2) is 7.42. The van der Waals surface area contributed by atoms with Crippen molar-refractivity contribution in [2.45, 2.75) is 17.7 Å². The Hall–Kier alpha value is -3.32. The van der Waals surface area contributed by atoms with E-state index in [4.69, 9.17) is 4.74 Å². The Balaban J connectivity index is 1.55. The quantitative estimate of drug-likeness (QED) is 0.629. The summed E-state index contributed by atoms with van der Waals surface area (Å²) < 4.78 is 33.7. The number of methoxy groups -OCH3 is 1. The first-order valence-corrected chi connectivity index (χ1v) is 11.6. The summed E-state index contributed by atoms with van der Waals surface area (Å²) in [6, 6.07) is 19.8. The maximum absolute atomic E-state index is 13.5. The van der Waals surface area contributed by atoms with Gasteiger partial charge >= 0.3 is 0 Å². The van der Waals surface area contributed by atoms with E-state index in [2.05, 4.69) is 0 Å². The predicted octanol–water partition coefficient (Wildman–Crippen LogP) is 3.65. The molecule has 7 heteroatoms. The molecule has 0 aromatic heterocycles. The van der Waals surface area contributed by atoms with Gasteiger partial charge in [0.1, 0.15) is 5.75 Å². The summed E-state index contributed by atoms with van der Waals surface area (Å²) in [5.41, 5.74) is 3.90. The maximum atomic E-state index is 13.5. The molecule has 0 saturated carbocycles. The number of ether oxygens (including phenoxy) is 1. The fraction of sp³-hybridized carbons (Fsp3) is 0.208. The van der Waals surface area contributed by atoms with E-state index >= 15 is 0 Å². The van der Waals surface area contributed by atoms with E-state index in [0.29, 0.717) is 30.9 Å². The van der Waals surface area contributed by atoms with Crippen LogP contribution >= 0.6 is 0 Å². The van der Waals surface area contributed by atoms with E-state index < -0.39 is 10.0 Å². The van der Waals surface area contributed by atoms with Crippen LogP contribution in [0.15, 0.2) is 71.6 Å². The topological polar surface area (TPSA) is 66.9 Å². The summed E-state index contributed by atoms with van der Waals surface area (Å²) in [6.45, 7) is 0.939. The van der Waals surface area contributed by atoms with E-state index in [9.17, 15) is 13.2 Å². The number of hydrogen-bond donors (Lipinski definition) is 0. The average molecular weight is 435 g/mol. The Morgan fingerprint density at radius 1 is 0.871 bits per heavy atom. The van der Waals surface area contributed by atoms with Gasteiger partial charge in [0.15, 0.2) is 0 Å². The molecule has 0 bridgehead atoms. The van der Waals surface area contributed by atoms with Crippen molar-refractivity contribution in [2.75, 3.05) is 29.4 Å². The molecular weight excluding hydrogens is 412 g/mol. The van der Waals surface area contributed by atoms with Gasteiger partial charge in [0.05, 0.1) is 23.3 Å². The van der Waals surface area contributed by atoms with E-state index in [0.717, 1.165) is 23.2 Å². The van der Waals surface area contributed by atoms with Crippen LogP contribution in [0.1, 0.15) is 21.5 Å². The standard InChI is InChI=1S/C24H22N2O4S/c1-30-23-11-10-19(31(28,29)26-15-13-18-7-3-5-9-22(18)26)16-20(23)24(27)25-14-12-17-6-2-4-8-21(17)25/h2-11,16H,12-15H2,1H3. The van der Waals surface area contributed by atoms with Crippen LogP contribution in [0, 0.1) is 0 Å². The number of amides is 1. The smallest absolute Gasteiger partial charge is 0.264 e. The second-order valence-corrected chi connectivity index (χ2v) is 9.52. The summed E-state index contributed by atoms with van der Waals surface area (Å²) in [5, 5.41) is 0. The van der Waals surface area contributed by atoms with Gasteiger partial charge in [-0.2, -0.15) is 0 Å². The van der Waals surface area contributed by atoms with Crippen LogP contribution in [-0.2, 0) is 22.9 Å². The monoisotopic (exact) mass is 434 g/mol. The predicted molar refractivity (Wildman–Crippen MR) is 119 cm³/mol. The lowest BCUT2D eigenvalue weighted by Crippen LogP contribution is -2.31. The highest BCUT2D eigenvalue weighted by Gasteiger charge is 2.33. The molecule has 2 heterocycles. The van der Waals surface area contributed by atoms with Crippen LogP contribution in [0.25, 0.3) is 0 Å². The molecule has 6 nitrogen and oxygen atoms in total. The summed E-state index contributed by atoms with van der Waals surface area (Å²) >= 11 is 0. The molecule has 1 amide bonds. The van der Waals surface area contributed by atoms with Crippen LogP contribution in [-0.4, -0.2) is 34.5 Å². The van der Waals surface area contributed by atoms with Crippen LogP contribution in [0.5, 0.6) is 5.75 Å². The number of para-hydroxylation sites is 2. The molecule has 0 fully saturated rings. The fourth-order valence-corrected chi connectivity index (χ4v) is 5.92. The molecule has 2 aliphatic heterocycles. The van der Waals surface area contributed by atoms with Gasteiger partial charge in [-0.25, -0.2) is 8.42 Å². The lowest BCUT2D eigenvalue weighted by Gasteiger charge is -2.22. The van der Waals surface area contributed by atoms with Crippen molar-refractivity contribution in [3.05, 3.63) is 83.4 Å². The minimum atomic E-state index is -3.81. The number of nitrogens with zero attached hydrogens (tertiary/aromatic N) is 2. The zero-order valence-corrected chi connectivity index (χ0v) is 17.9. The van der Waals surface area contributed by atoms with Gasteiger partial charge in [-0.3, -0.25) is 9.10 Å². The van der Waals surface area contributed by atoms with Gasteiger partial charge < -0.3 is 9.64 Å². The van der Waals surface area contributed by atoms with E-state index in [1.807, 2.05) is 48.5 Å². The van der Waals surface area contributed by atoms with Gasteiger partial charge in [-0.15, -0.1) is 0 Å². The first-order chi connectivity index (χ1) is 15.0. The third kappa shape index (κ3) is 3.16. The minimum absolute atomic E-state index is 0.0841. The average Bonchev–Trinajstić information content (AvgIpc) is 3.43. The molecular formula is C24H22N2O4S. The van der Waals surface area contributed by atoms with E-state index in [1.54, 1.807) is 11.0 Å². The van der Waals surface area contributed by atoms with Gasteiger partial charge in [0, 0.05) is 18.8 Å². The zero-order valence-electron chi connectivity index (χ0n) is 17.1. The number of carbonyl (C=O) groups is 1. The van der Waals surface area contributed by atoms with Crippen molar-refractivity contribution in [3.63, 3.8) is 0 Å². The van der Waals surface area contributed by atoms with Gasteiger partial charge in [0.25, 0.3) is 15.9 Å².